The number of nitrogens with one attached hydrogen (secondary N) is 2. The molecule has 4 nitrogen and oxygen atoms in total. The molecular formula is C16H35IN4. The van der Waals surface area contributed by atoms with E-state index in [1.165, 1.54) is 45.2 Å². The Labute approximate surface area is 148 Å². The van der Waals surface area contributed by atoms with Crippen LogP contribution in [0.5, 0.6) is 0 Å². The maximum Gasteiger partial charge on any atom is 0.190 e. The lowest BCUT2D eigenvalue weighted by Gasteiger charge is -2.29. The van der Waals surface area contributed by atoms with Crippen LogP contribution in [-0.2, 0) is 0 Å². The molecule has 0 aromatic rings. The topological polar surface area (TPSA) is 39.7 Å². The summed E-state index contributed by atoms with van der Waals surface area (Å²) in [5.41, 5.74) is 0. The maximum atomic E-state index is 4.31. The van der Waals surface area contributed by atoms with E-state index in [0.717, 1.165) is 30.9 Å². The molecule has 0 radical (unpaired) electrons. The van der Waals surface area contributed by atoms with Crippen molar-refractivity contribution in [3.8, 4) is 0 Å². The van der Waals surface area contributed by atoms with Crippen LogP contribution in [0.4, 0.5) is 0 Å². The van der Waals surface area contributed by atoms with Crippen molar-refractivity contribution in [3.63, 3.8) is 0 Å². The third-order valence-corrected chi connectivity index (χ3v) is 4.62. The number of piperidine rings is 1. The van der Waals surface area contributed by atoms with Gasteiger partial charge in [0.1, 0.15) is 0 Å². The summed E-state index contributed by atoms with van der Waals surface area (Å²) in [5, 5.41) is 6.90. The summed E-state index contributed by atoms with van der Waals surface area (Å²) in [6, 6.07) is 0. The summed E-state index contributed by atoms with van der Waals surface area (Å²) in [6.07, 6.45) is 6.42. The van der Waals surface area contributed by atoms with Crippen molar-refractivity contribution in [1.82, 2.24) is 15.5 Å². The first-order chi connectivity index (χ1) is 9.69. The summed E-state index contributed by atoms with van der Waals surface area (Å²) in [6.45, 7) is 9.09. The molecule has 21 heavy (non-hydrogen) atoms. The van der Waals surface area contributed by atoms with E-state index in [4.69, 9.17) is 0 Å². The van der Waals surface area contributed by atoms with Crippen molar-refractivity contribution in [2.45, 2.75) is 46.0 Å². The number of halogens is 1. The normalized spacial score (nSPS) is 17.7. The van der Waals surface area contributed by atoms with Crippen LogP contribution in [0.1, 0.15) is 46.0 Å². The van der Waals surface area contributed by atoms with E-state index in [1.54, 1.807) is 0 Å². The minimum Gasteiger partial charge on any atom is -0.356 e. The van der Waals surface area contributed by atoms with E-state index in [1.807, 2.05) is 7.05 Å². The first-order valence-corrected chi connectivity index (χ1v) is 8.32. The molecule has 1 saturated heterocycles. The Balaban J connectivity index is 0.00000400. The molecule has 1 aliphatic heterocycles. The maximum absolute atomic E-state index is 4.31. The molecule has 1 fully saturated rings. The SMILES string of the molecule is CCC(CC)CNC(=NC)NCCC1CCN(C)CC1.I. The van der Waals surface area contributed by atoms with Gasteiger partial charge in [0.15, 0.2) is 5.96 Å². The van der Waals surface area contributed by atoms with E-state index in [0.29, 0.717) is 0 Å². The van der Waals surface area contributed by atoms with Gasteiger partial charge >= 0.3 is 0 Å². The number of hydrogen-bond acceptors (Lipinski definition) is 2. The second-order valence-corrected chi connectivity index (χ2v) is 6.10. The van der Waals surface area contributed by atoms with Crippen molar-refractivity contribution < 1.29 is 0 Å². The lowest BCUT2D eigenvalue weighted by Crippen LogP contribution is -2.41. The fraction of sp³-hybridized carbons (Fsp3) is 0.938. The second-order valence-electron chi connectivity index (χ2n) is 6.10. The van der Waals surface area contributed by atoms with Gasteiger partial charge in [0, 0.05) is 20.1 Å². The molecule has 2 N–H and O–H groups in total. The van der Waals surface area contributed by atoms with E-state index < -0.39 is 0 Å². The zero-order valence-corrected chi connectivity index (χ0v) is 16.7. The molecule has 0 aromatic carbocycles. The van der Waals surface area contributed by atoms with Crippen molar-refractivity contribution in [3.05, 3.63) is 0 Å². The third kappa shape index (κ3) is 8.86. The highest BCUT2D eigenvalue weighted by Crippen LogP contribution is 2.18. The molecule has 0 aliphatic carbocycles. The highest BCUT2D eigenvalue weighted by molar-refractivity contribution is 14.0. The van der Waals surface area contributed by atoms with Crippen LogP contribution >= 0.6 is 24.0 Å². The van der Waals surface area contributed by atoms with Crippen LogP contribution in [0, 0.1) is 11.8 Å². The van der Waals surface area contributed by atoms with Crippen molar-refractivity contribution in [2.24, 2.45) is 16.8 Å². The van der Waals surface area contributed by atoms with Gasteiger partial charge in [-0.05, 0) is 51.2 Å². The Bertz CT molecular complexity index is 271. The van der Waals surface area contributed by atoms with Gasteiger partial charge in [-0.2, -0.15) is 0 Å². The van der Waals surface area contributed by atoms with Crippen molar-refractivity contribution >= 4 is 29.9 Å². The molecule has 0 aromatic heterocycles. The van der Waals surface area contributed by atoms with Gasteiger partial charge in [-0.3, -0.25) is 4.99 Å². The Morgan fingerprint density at radius 1 is 1.19 bits per heavy atom. The molecule has 0 spiro atoms. The van der Waals surface area contributed by atoms with Crippen LogP contribution in [-0.4, -0.2) is 51.1 Å². The molecule has 0 unspecified atom stereocenters. The summed E-state index contributed by atoms with van der Waals surface area (Å²) < 4.78 is 0. The third-order valence-electron chi connectivity index (χ3n) is 4.62. The summed E-state index contributed by atoms with van der Waals surface area (Å²) in [7, 11) is 4.08. The molecule has 1 rings (SSSR count). The zero-order valence-electron chi connectivity index (χ0n) is 14.3. The van der Waals surface area contributed by atoms with E-state index in [2.05, 4.69) is 41.4 Å². The Hall–Kier alpha value is -0.0400. The van der Waals surface area contributed by atoms with Crippen LogP contribution in [0.25, 0.3) is 0 Å². The molecule has 1 heterocycles. The largest absolute Gasteiger partial charge is 0.356 e. The predicted molar refractivity (Wildman–Crippen MR) is 104 cm³/mol. The van der Waals surface area contributed by atoms with Crippen LogP contribution in [0.2, 0.25) is 0 Å². The quantitative estimate of drug-likeness (QED) is 0.385. The van der Waals surface area contributed by atoms with Gasteiger partial charge in [-0.1, -0.05) is 26.7 Å². The highest BCUT2D eigenvalue weighted by atomic mass is 127. The fourth-order valence-electron chi connectivity index (χ4n) is 2.78. The van der Waals surface area contributed by atoms with Gasteiger partial charge in [0.2, 0.25) is 0 Å². The van der Waals surface area contributed by atoms with E-state index >= 15 is 0 Å². The van der Waals surface area contributed by atoms with Crippen LogP contribution in [0.3, 0.4) is 0 Å². The van der Waals surface area contributed by atoms with Gasteiger partial charge in [0.05, 0.1) is 0 Å². The first-order valence-electron chi connectivity index (χ1n) is 8.32. The second kappa shape index (κ2) is 12.5. The van der Waals surface area contributed by atoms with Gasteiger partial charge in [-0.15, -0.1) is 24.0 Å². The number of hydrogen-bond donors (Lipinski definition) is 2. The first kappa shape index (κ1) is 21.0. The van der Waals surface area contributed by atoms with E-state index in [-0.39, 0.29) is 24.0 Å². The number of rotatable bonds is 7. The lowest BCUT2D eigenvalue weighted by atomic mass is 9.94. The minimum absolute atomic E-state index is 0. The van der Waals surface area contributed by atoms with Gasteiger partial charge < -0.3 is 15.5 Å². The molecule has 0 saturated carbocycles. The predicted octanol–water partition coefficient (Wildman–Crippen LogP) is 2.94. The van der Waals surface area contributed by atoms with Crippen LogP contribution in [0.15, 0.2) is 4.99 Å². The molecule has 0 amide bonds. The minimum atomic E-state index is 0. The zero-order chi connectivity index (χ0) is 14.8. The average Bonchev–Trinajstić information content (AvgIpc) is 2.48. The number of nitrogens with zero attached hydrogens (tertiary/aromatic N) is 2. The van der Waals surface area contributed by atoms with Crippen molar-refractivity contribution in [2.75, 3.05) is 40.3 Å². The standard InChI is InChI=1S/C16H34N4.HI/c1-5-14(6-2)13-19-16(17-3)18-10-7-15-8-11-20(4)12-9-15;/h14-15H,5-13H2,1-4H3,(H2,17,18,19);1H. The monoisotopic (exact) mass is 410 g/mol. The fourth-order valence-corrected chi connectivity index (χ4v) is 2.78. The molecule has 5 heteroatoms. The number of aliphatic imine (C=N–C) groups is 1. The average molecular weight is 410 g/mol. The summed E-state index contributed by atoms with van der Waals surface area (Å²) in [4.78, 5) is 6.74. The molecular weight excluding hydrogens is 375 g/mol. The van der Waals surface area contributed by atoms with Crippen LogP contribution < -0.4 is 10.6 Å². The Morgan fingerprint density at radius 3 is 2.33 bits per heavy atom. The van der Waals surface area contributed by atoms with Gasteiger partial charge in [-0.25, -0.2) is 0 Å². The van der Waals surface area contributed by atoms with Gasteiger partial charge in [0.25, 0.3) is 0 Å². The molecule has 1 aliphatic rings. The van der Waals surface area contributed by atoms with E-state index in [9.17, 15) is 0 Å². The smallest absolute Gasteiger partial charge is 0.190 e. The molecule has 0 atom stereocenters. The highest BCUT2D eigenvalue weighted by Gasteiger charge is 2.16. The van der Waals surface area contributed by atoms with Crippen molar-refractivity contribution in [1.29, 1.82) is 0 Å². The molecule has 0 bridgehead atoms. The summed E-state index contributed by atoms with van der Waals surface area (Å²) >= 11 is 0. The Morgan fingerprint density at radius 2 is 1.81 bits per heavy atom. The number of guanidine groups is 1. The number of likely N-dealkylation sites (tertiary alicyclic amines) is 1. The lowest BCUT2D eigenvalue weighted by molar-refractivity contribution is 0.213. The Kier molecular flexibility index (Phi) is 12.5. The summed E-state index contributed by atoms with van der Waals surface area (Å²) in [5.74, 6) is 2.60. The molecule has 126 valence electrons.